The summed E-state index contributed by atoms with van der Waals surface area (Å²) in [5.74, 6) is -0.0307. The molecule has 1 aromatic rings. The number of carbonyl (C=O) groups is 1. The molecular formula is C10H11NO4. The van der Waals surface area contributed by atoms with Gasteiger partial charge in [0.1, 0.15) is 11.5 Å². The molecule has 1 aliphatic rings. The molecule has 1 heterocycles. The van der Waals surface area contributed by atoms with E-state index in [1.807, 2.05) is 0 Å². The maximum atomic E-state index is 11.0. The Hall–Kier alpha value is -1.91. The van der Waals surface area contributed by atoms with E-state index in [0.717, 1.165) is 0 Å². The van der Waals surface area contributed by atoms with Crippen LogP contribution in [0.25, 0.3) is 0 Å². The molecule has 1 amide bonds. The van der Waals surface area contributed by atoms with Gasteiger partial charge in [-0.25, -0.2) is 4.79 Å². The highest BCUT2D eigenvalue weighted by atomic mass is 16.5. The van der Waals surface area contributed by atoms with Crippen molar-refractivity contribution in [1.82, 2.24) is 5.32 Å². The van der Waals surface area contributed by atoms with Crippen molar-refractivity contribution < 1.29 is 19.7 Å². The molecule has 1 atom stereocenters. The van der Waals surface area contributed by atoms with Crippen LogP contribution in [0, 0.1) is 0 Å². The Balaban J connectivity index is 2.24. The SMILES string of the molecule is O=C1N[C@@H](c2ccc(O)cc2O)CCO1. The molecule has 1 fully saturated rings. The molecule has 15 heavy (non-hydrogen) atoms. The first kappa shape index (κ1) is 9.64. The second-order valence-corrected chi connectivity index (χ2v) is 3.36. The van der Waals surface area contributed by atoms with E-state index < -0.39 is 6.09 Å². The smallest absolute Gasteiger partial charge is 0.407 e. The van der Waals surface area contributed by atoms with Gasteiger partial charge in [0, 0.05) is 18.1 Å². The third-order valence-electron chi connectivity index (χ3n) is 2.32. The number of benzene rings is 1. The zero-order chi connectivity index (χ0) is 10.8. The van der Waals surface area contributed by atoms with Gasteiger partial charge in [-0.05, 0) is 12.1 Å². The van der Waals surface area contributed by atoms with Gasteiger partial charge in [-0.15, -0.1) is 0 Å². The minimum absolute atomic E-state index is 0.00497. The van der Waals surface area contributed by atoms with E-state index >= 15 is 0 Å². The summed E-state index contributed by atoms with van der Waals surface area (Å²) < 4.78 is 4.71. The number of alkyl carbamates (subject to hydrolysis) is 1. The van der Waals surface area contributed by atoms with E-state index in [9.17, 15) is 9.90 Å². The minimum Gasteiger partial charge on any atom is -0.508 e. The Bertz CT molecular complexity index is 391. The average Bonchev–Trinajstić information content (AvgIpc) is 2.17. The largest absolute Gasteiger partial charge is 0.508 e. The summed E-state index contributed by atoms with van der Waals surface area (Å²) in [6, 6.07) is 4.04. The number of amides is 1. The predicted molar refractivity (Wildman–Crippen MR) is 51.6 cm³/mol. The first-order chi connectivity index (χ1) is 7.16. The second kappa shape index (κ2) is 3.68. The van der Waals surface area contributed by atoms with E-state index in [1.165, 1.54) is 12.1 Å². The minimum atomic E-state index is -0.487. The van der Waals surface area contributed by atoms with Gasteiger partial charge < -0.3 is 20.3 Å². The van der Waals surface area contributed by atoms with Crippen molar-refractivity contribution in [3.05, 3.63) is 23.8 Å². The molecule has 5 nitrogen and oxygen atoms in total. The van der Waals surface area contributed by atoms with Crippen molar-refractivity contribution >= 4 is 6.09 Å². The lowest BCUT2D eigenvalue weighted by Gasteiger charge is -2.24. The fourth-order valence-electron chi connectivity index (χ4n) is 1.59. The van der Waals surface area contributed by atoms with Gasteiger partial charge in [0.05, 0.1) is 12.6 Å². The molecule has 0 unspecified atom stereocenters. The molecule has 0 saturated carbocycles. The fraction of sp³-hybridized carbons (Fsp3) is 0.300. The molecule has 1 aromatic carbocycles. The quantitative estimate of drug-likeness (QED) is 0.650. The van der Waals surface area contributed by atoms with Crippen molar-refractivity contribution in [2.75, 3.05) is 6.61 Å². The highest BCUT2D eigenvalue weighted by molar-refractivity contribution is 5.69. The van der Waals surface area contributed by atoms with Gasteiger partial charge in [-0.1, -0.05) is 0 Å². The van der Waals surface area contributed by atoms with Gasteiger partial charge in [0.15, 0.2) is 0 Å². The van der Waals surface area contributed by atoms with E-state index in [1.54, 1.807) is 6.07 Å². The van der Waals surface area contributed by atoms with E-state index in [2.05, 4.69) is 5.32 Å². The summed E-state index contributed by atoms with van der Waals surface area (Å²) in [5, 5.41) is 21.3. The molecule has 0 aromatic heterocycles. The van der Waals surface area contributed by atoms with Gasteiger partial charge >= 0.3 is 6.09 Å². The lowest BCUT2D eigenvalue weighted by atomic mass is 10.0. The molecular weight excluding hydrogens is 198 g/mol. The number of phenols is 2. The third-order valence-corrected chi connectivity index (χ3v) is 2.32. The zero-order valence-corrected chi connectivity index (χ0v) is 7.93. The van der Waals surface area contributed by atoms with Crippen LogP contribution in [-0.4, -0.2) is 22.9 Å². The number of hydrogen-bond acceptors (Lipinski definition) is 4. The van der Waals surface area contributed by atoms with Crippen molar-refractivity contribution in [1.29, 1.82) is 0 Å². The second-order valence-electron chi connectivity index (χ2n) is 3.36. The first-order valence-corrected chi connectivity index (χ1v) is 4.62. The number of phenolic OH excluding ortho intramolecular Hbond substituents is 2. The molecule has 1 aliphatic heterocycles. The molecule has 0 radical (unpaired) electrons. The number of rotatable bonds is 1. The van der Waals surface area contributed by atoms with Crippen LogP contribution in [0.4, 0.5) is 4.79 Å². The standard InChI is InChI=1S/C10H11NO4/c12-6-1-2-7(9(13)5-6)8-3-4-15-10(14)11-8/h1-2,5,8,12-13H,3-4H2,(H,11,14)/t8-/m1/s1. The summed E-state index contributed by atoms with van der Waals surface area (Å²) in [5.41, 5.74) is 0.587. The van der Waals surface area contributed by atoms with Gasteiger partial charge in [0.25, 0.3) is 0 Å². The van der Waals surface area contributed by atoms with E-state index in [0.29, 0.717) is 18.6 Å². The Labute approximate surface area is 86.3 Å². The van der Waals surface area contributed by atoms with Crippen LogP contribution in [0.15, 0.2) is 18.2 Å². The van der Waals surface area contributed by atoms with Gasteiger partial charge in [-0.2, -0.15) is 0 Å². The topological polar surface area (TPSA) is 78.8 Å². The summed E-state index contributed by atoms with van der Waals surface area (Å²) in [6.07, 6.45) is 0.114. The number of ether oxygens (including phenoxy) is 1. The number of nitrogens with one attached hydrogen (secondary N) is 1. The van der Waals surface area contributed by atoms with Crippen LogP contribution in [0.2, 0.25) is 0 Å². The van der Waals surface area contributed by atoms with E-state index in [4.69, 9.17) is 9.84 Å². The Morgan fingerprint density at radius 2 is 2.20 bits per heavy atom. The van der Waals surface area contributed by atoms with Crippen LogP contribution in [-0.2, 0) is 4.74 Å². The molecule has 80 valence electrons. The lowest BCUT2D eigenvalue weighted by Crippen LogP contribution is -2.35. The summed E-state index contributed by atoms with van der Waals surface area (Å²) in [7, 11) is 0. The molecule has 1 saturated heterocycles. The average molecular weight is 209 g/mol. The van der Waals surface area contributed by atoms with Crippen LogP contribution in [0.3, 0.4) is 0 Å². The number of carbonyl (C=O) groups excluding carboxylic acids is 1. The van der Waals surface area contributed by atoms with E-state index in [-0.39, 0.29) is 17.5 Å². The van der Waals surface area contributed by atoms with Crippen molar-refractivity contribution in [3.63, 3.8) is 0 Å². The Kier molecular flexibility index (Phi) is 2.37. The normalized spacial score (nSPS) is 20.5. The zero-order valence-electron chi connectivity index (χ0n) is 7.93. The molecule has 2 rings (SSSR count). The van der Waals surface area contributed by atoms with Crippen LogP contribution in [0.1, 0.15) is 18.0 Å². The first-order valence-electron chi connectivity index (χ1n) is 4.62. The summed E-state index contributed by atoms with van der Waals surface area (Å²) in [4.78, 5) is 11.0. The fourth-order valence-corrected chi connectivity index (χ4v) is 1.59. The number of hydrogen-bond donors (Lipinski definition) is 3. The molecule has 3 N–H and O–H groups in total. The monoisotopic (exact) mass is 209 g/mol. The maximum absolute atomic E-state index is 11.0. The highest BCUT2D eigenvalue weighted by Crippen LogP contribution is 2.30. The Morgan fingerprint density at radius 3 is 2.87 bits per heavy atom. The summed E-state index contributed by atoms with van der Waals surface area (Å²) >= 11 is 0. The highest BCUT2D eigenvalue weighted by Gasteiger charge is 2.23. The lowest BCUT2D eigenvalue weighted by molar-refractivity contribution is 0.115. The predicted octanol–water partition coefficient (Wildman–Crippen LogP) is 1.27. The van der Waals surface area contributed by atoms with Crippen molar-refractivity contribution in [3.8, 4) is 11.5 Å². The van der Waals surface area contributed by atoms with Gasteiger partial charge in [-0.3, -0.25) is 0 Å². The van der Waals surface area contributed by atoms with Crippen LogP contribution >= 0.6 is 0 Å². The third kappa shape index (κ3) is 1.96. The number of cyclic esters (lactones) is 1. The molecule has 0 spiro atoms. The maximum Gasteiger partial charge on any atom is 0.407 e. The van der Waals surface area contributed by atoms with Crippen molar-refractivity contribution in [2.24, 2.45) is 0 Å². The van der Waals surface area contributed by atoms with Crippen molar-refractivity contribution in [2.45, 2.75) is 12.5 Å². The van der Waals surface area contributed by atoms with Crippen LogP contribution < -0.4 is 5.32 Å². The molecule has 0 bridgehead atoms. The summed E-state index contributed by atoms with van der Waals surface area (Å²) in [6.45, 7) is 0.330. The Morgan fingerprint density at radius 1 is 1.40 bits per heavy atom. The van der Waals surface area contributed by atoms with Gasteiger partial charge in [0.2, 0.25) is 0 Å². The number of aromatic hydroxyl groups is 2. The van der Waals surface area contributed by atoms with Crippen LogP contribution in [0.5, 0.6) is 11.5 Å². The molecule has 0 aliphatic carbocycles. The molecule has 5 heteroatoms.